The fourth-order valence-corrected chi connectivity index (χ4v) is 1.92. The van der Waals surface area contributed by atoms with Gasteiger partial charge in [-0.05, 0) is 37.4 Å². The molecule has 0 saturated carbocycles. The SMILES string of the molecule is CCNC(C)CCc1ccccc1COC. The van der Waals surface area contributed by atoms with Crippen molar-refractivity contribution in [1.29, 1.82) is 0 Å². The van der Waals surface area contributed by atoms with Crippen molar-refractivity contribution in [2.24, 2.45) is 0 Å². The van der Waals surface area contributed by atoms with Crippen LogP contribution in [0.2, 0.25) is 0 Å². The Bertz CT molecular complexity index is 299. The van der Waals surface area contributed by atoms with Crippen molar-refractivity contribution < 1.29 is 4.74 Å². The monoisotopic (exact) mass is 221 g/mol. The fraction of sp³-hybridized carbons (Fsp3) is 0.571. The Labute approximate surface area is 99.0 Å². The molecule has 2 nitrogen and oxygen atoms in total. The third-order valence-corrected chi connectivity index (χ3v) is 2.82. The van der Waals surface area contributed by atoms with E-state index in [2.05, 4.69) is 43.4 Å². The van der Waals surface area contributed by atoms with Crippen LogP contribution >= 0.6 is 0 Å². The van der Waals surface area contributed by atoms with Crippen LogP contribution in [0.5, 0.6) is 0 Å². The lowest BCUT2D eigenvalue weighted by Crippen LogP contribution is -2.26. The Morgan fingerprint density at radius 2 is 1.94 bits per heavy atom. The van der Waals surface area contributed by atoms with Gasteiger partial charge in [-0.2, -0.15) is 0 Å². The van der Waals surface area contributed by atoms with Gasteiger partial charge in [0.1, 0.15) is 0 Å². The van der Waals surface area contributed by atoms with Gasteiger partial charge in [-0.25, -0.2) is 0 Å². The summed E-state index contributed by atoms with van der Waals surface area (Å²) in [5.74, 6) is 0. The number of methoxy groups -OCH3 is 1. The highest BCUT2D eigenvalue weighted by Crippen LogP contribution is 2.13. The lowest BCUT2D eigenvalue weighted by molar-refractivity contribution is 0.184. The van der Waals surface area contributed by atoms with Crippen LogP contribution in [0.3, 0.4) is 0 Å². The van der Waals surface area contributed by atoms with Crippen molar-refractivity contribution >= 4 is 0 Å². The first kappa shape index (κ1) is 13.2. The minimum atomic E-state index is 0.584. The molecule has 1 rings (SSSR count). The summed E-state index contributed by atoms with van der Waals surface area (Å²) in [5.41, 5.74) is 2.72. The van der Waals surface area contributed by atoms with Crippen molar-refractivity contribution in [2.45, 2.75) is 39.3 Å². The van der Waals surface area contributed by atoms with Crippen LogP contribution in [0.15, 0.2) is 24.3 Å². The lowest BCUT2D eigenvalue weighted by Gasteiger charge is -2.13. The summed E-state index contributed by atoms with van der Waals surface area (Å²) in [4.78, 5) is 0. The molecule has 1 unspecified atom stereocenters. The van der Waals surface area contributed by atoms with Gasteiger partial charge in [0, 0.05) is 13.2 Å². The van der Waals surface area contributed by atoms with E-state index in [1.807, 2.05) is 0 Å². The molecule has 0 aromatic heterocycles. The summed E-state index contributed by atoms with van der Waals surface area (Å²) in [6, 6.07) is 9.11. The summed E-state index contributed by atoms with van der Waals surface area (Å²) in [6.07, 6.45) is 2.29. The maximum absolute atomic E-state index is 5.21. The van der Waals surface area contributed by atoms with Gasteiger partial charge >= 0.3 is 0 Å². The first-order chi connectivity index (χ1) is 7.77. The molecular formula is C14H23NO. The van der Waals surface area contributed by atoms with E-state index < -0.39 is 0 Å². The summed E-state index contributed by atoms with van der Waals surface area (Å²) in [7, 11) is 1.75. The van der Waals surface area contributed by atoms with Gasteiger partial charge in [0.15, 0.2) is 0 Å². The van der Waals surface area contributed by atoms with Crippen LogP contribution in [0.4, 0.5) is 0 Å². The average molecular weight is 221 g/mol. The van der Waals surface area contributed by atoms with E-state index >= 15 is 0 Å². The second-order valence-corrected chi connectivity index (χ2v) is 4.20. The number of hydrogen-bond donors (Lipinski definition) is 1. The molecule has 0 fully saturated rings. The van der Waals surface area contributed by atoms with Gasteiger partial charge in [0.2, 0.25) is 0 Å². The normalized spacial score (nSPS) is 12.7. The first-order valence-corrected chi connectivity index (χ1v) is 6.07. The maximum Gasteiger partial charge on any atom is 0.0715 e. The molecule has 0 aliphatic rings. The zero-order valence-electron chi connectivity index (χ0n) is 10.6. The van der Waals surface area contributed by atoms with Gasteiger partial charge in [-0.3, -0.25) is 0 Å². The Kier molecular flexibility index (Phi) is 6.12. The van der Waals surface area contributed by atoms with E-state index in [1.165, 1.54) is 17.5 Å². The molecule has 0 bridgehead atoms. The highest BCUT2D eigenvalue weighted by molar-refractivity contribution is 5.26. The van der Waals surface area contributed by atoms with Crippen molar-refractivity contribution in [3.8, 4) is 0 Å². The Morgan fingerprint density at radius 3 is 2.56 bits per heavy atom. The van der Waals surface area contributed by atoms with E-state index in [0.29, 0.717) is 12.6 Å². The number of benzene rings is 1. The van der Waals surface area contributed by atoms with Crippen LogP contribution in [0.1, 0.15) is 31.4 Å². The number of aryl methyl sites for hydroxylation is 1. The molecule has 0 saturated heterocycles. The van der Waals surface area contributed by atoms with E-state index in [9.17, 15) is 0 Å². The maximum atomic E-state index is 5.21. The van der Waals surface area contributed by atoms with Crippen LogP contribution in [0.25, 0.3) is 0 Å². The third-order valence-electron chi connectivity index (χ3n) is 2.82. The number of hydrogen-bond acceptors (Lipinski definition) is 2. The lowest BCUT2D eigenvalue weighted by atomic mass is 10.0. The molecule has 90 valence electrons. The summed E-state index contributed by atoms with van der Waals surface area (Å²) >= 11 is 0. The molecule has 2 heteroatoms. The van der Waals surface area contributed by atoms with Crippen LogP contribution < -0.4 is 5.32 Å². The molecule has 1 aromatic carbocycles. The molecule has 0 radical (unpaired) electrons. The predicted octanol–water partition coefficient (Wildman–Crippen LogP) is 2.76. The number of ether oxygens (including phenoxy) is 1. The van der Waals surface area contributed by atoms with Crippen molar-refractivity contribution in [1.82, 2.24) is 5.32 Å². The highest BCUT2D eigenvalue weighted by Gasteiger charge is 2.04. The Hall–Kier alpha value is -0.860. The second-order valence-electron chi connectivity index (χ2n) is 4.20. The quantitative estimate of drug-likeness (QED) is 0.764. The summed E-state index contributed by atoms with van der Waals surface area (Å²) < 4.78 is 5.21. The second kappa shape index (κ2) is 7.42. The van der Waals surface area contributed by atoms with Crippen LogP contribution in [-0.2, 0) is 17.8 Å². The summed E-state index contributed by atoms with van der Waals surface area (Å²) in [5, 5.41) is 3.44. The third kappa shape index (κ3) is 4.33. The Balaban J connectivity index is 2.52. The fourth-order valence-electron chi connectivity index (χ4n) is 1.92. The largest absolute Gasteiger partial charge is 0.380 e. The topological polar surface area (TPSA) is 21.3 Å². The van der Waals surface area contributed by atoms with Crippen molar-refractivity contribution in [3.05, 3.63) is 35.4 Å². The van der Waals surface area contributed by atoms with Crippen molar-refractivity contribution in [3.63, 3.8) is 0 Å². The first-order valence-electron chi connectivity index (χ1n) is 6.07. The molecule has 1 atom stereocenters. The predicted molar refractivity (Wildman–Crippen MR) is 68.6 cm³/mol. The van der Waals surface area contributed by atoms with Gasteiger partial charge in [-0.15, -0.1) is 0 Å². The van der Waals surface area contributed by atoms with E-state index in [1.54, 1.807) is 7.11 Å². The van der Waals surface area contributed by atoms with E-state index in [4.69, 9.17) is 4.74 Å². The Morgan fingerprint density at radius 1 is 1.25 bits per heavy atom. The molecule has 1 N–H and O–H groups in total. The molecule has 16 heavy (non-hydrogen) atoms. The van der Waals surface area contributed by atoms with E-state index in [-0.39, 0.29) is 0 Å². The standard InChI is InChI=1S/C14H23NO/c1-4-15-12(2)9-10-13-7-5-6-8-14(13)11-16-3/h5-8,12,15H,4,9-11H2,1-3H3. The van der Waals surface area contributed by atoms with Gasteiger partial charge in [0.05, 0.1) is 6.61 Å². The molecule has 0 heterocycles. The van der Waals surface area contributed by atoms with E-state index in [0.717, 1.165) is 13.0 Å². The molecule has 0 aliphatic carbocycles. The zero-order chi connectivity index (χ0) is 11.8. The molecule has 0 amide bonds. The highest BCUT2D eigenvalue weighted by atomic mass is 16.5. The average Bonchev–Trinajstić information content (AvgIpc) is 2.29. The van der Waals surface area contributed by atoms with Gasteiger partial charge < -0.3 is 10.1 Å². The van der Waals surface area contributed by atoms with Gasteiger partial charge in [0.25, 0.3) is 0 Å². The zero-order valence-corrected chi connectivity index (χ0v) is 10.6. The van der Waals surface area contributed by atoms with Gasteiger partial charge in [-0.1, -0.05) is 31.2 Å². The van der Waals surface area contributed by atoms with Crippen LogP contribution in [-0.4, -0.2) is 19.7 Å². The molecule has 0 spiro atoms. The van der Waals surface area contributed by atoms with Crippen LogP contribution in [0, 0.1) is 0 Å². The minimum absolute atomic E-state index is 0.584. The van der Waals surface area contributed by atoms with Crippen molar-refractivity contribution in [2.75, 3.05) is 13.7 Å². The molecule has 1 aromatic rings. The molecular weight excluding hydrogens is 198 g/mol. The molecule has 0 aliphatic heterocycles. The number of nitrogens with one attached hydrogen (secondary N) is 1. The summed E-state index contributed by atoms with van der Waals surface area (Å²) in [6.45, 7) is 6.14. The number of rotatable bonds is 7. The minimum Gasteiger partial charge on any atom is -0.380 e. The smallest absolute Gasteiger partial charge is 0.0715 e.